The summed E-state index contributed by atoms with van der Waals surface area (Å²) in [7, 11) is 0. The SMILES string of the molecule is O=C(CCC(=O)c1ccc2c(c1)CCNCC2)NCCC(c1ccccc1)c1ccccc1.O=C(O)C(F)(F)F. The quantitative estimate of drug-likeness (QED) is 0.312. The fourth-order valence-electron chi connectivity index (χ4n) is 4.56. The predicted octanol–water partition coefficient (Wildman–Crippen LogP) is 5.31. The van der Waals surface area contributed by atoms with E-state index in [1.54, 1.807) is 0 Å². The molecular formula is C31H33F3N2O4. The molecule has 4 rings (SSSR count). The highest BCUT2D eigenvalue weighted by Gasteiger charge is 2.38. The van der Waals surface area contributed by atoms with Crippen molar-refractivity contribution in [1.82, 2.24) is 10.6 Å². The predicted molar refractivity (Wildman–Crippen MR) is 146 cm³/mol. The Morgan fingerprint density at radius 2 is 1.38 bits per heavy atom. The van der Waals surface area contributed by atoms with E-state index in [0.29, 0.717) is 6.54 Å². The van der Waals surface area contributed by atoms with E-state index in [1.807, 2.05) is 24.3 Å². The van der Waals surface area contributed by atoms with Crippen LogP contribution in [0.3, 0.4) is 0 Å². The first-order valence-corrected chi connectivity index (χ1v) is 13.2. The molecule has 0 spiro atoms. The first-order chi connectivity index (χ1) is 19.1. The molecular weight excluding hydrogens is 521 g/mol. The fraction of sp³-hybridized carbons (Fsp3) is 0.323. The lowest BCUT2D eigenvalue weighted by atomic mass is 9.88. The van der Waals surface area contributed by atoms with Gasteiger partial charge in [0.2, 0.25) is 5.91 Å². The molecule has 0 atom stereocenters. The van der Waals surface area contributed by atoms with Crippen LogP contribution < -0.4 is 10.6 Å². The van der Waals surface area contributed by atoms with Crippen molar-refractivity contribution in [3.05, 3.63) is 107 Å². The molecule has 0 saturated heterocycles. The summed E-state index contributed by atoms with van der Waals surface area (Å²) >= 11 is 0. The lowest BCUT2D eigenvalue weighted by Crippen LogP contribution is -2.26. The standard InChI is InChI=1S/C29H32N2O2.C2HF3O2/c32-28(26-12-11-22-15-18-30-19-16-25(22)21-26)13-14-29(33)31-20-17-27(23-7-3-1-4-8-23)24-9-5-2-6-10-24;3-2(4,5)1(6)7/h1-12,21,27,30H,13-20H2,(H,31,33);(H,6,7). The first kappa shape index (κ1) is 30.6. The van der Waals surface area contributed by atoms with E-state index >= 15 is 0 Å². The Morgan fingerprint density at radius 1 is 0.825 bits per heavy atom. The molecule has 212 valence electrons. The average Bonchev–Trinajstić information content (AvgIpc) is 3.20. The van der Waals surface area contributed by atoms with Crippen LogP contribution in [0.2, 0.25) is 0 Å². The maximum atomic E-state index is 12.7. The summed E-state index contributed by atoms with van der Waals surface area (Å²) in [4.78, 5) is 34.0. The highest BCUT2D eigenvalue weighted by atomic mass is 19.4. The van der Waals surface area contributed by atoms with Gasteiger partial charge in [0, 0.05) is 30.9 Å². The van der Waals surface area contributed by atoms with Gasteiger partial charge in [-0.25, -0.2) is 4.79 Å². The lowest BCUT2D eigenvalue weighted by molar-refractivity contribution is -0.192. The second kappa shape index (κ2) is 15.0. The molecule has 3 aromatic carbocycles. The summed E-state index contributed by atoms with van der Waals surface area (Å²) in [5.41, 5.74) is 5.78. The van der Waals surface area contributed by atoms with Crippen LogP contribution in [0.1, 0.15) is 57.8 Å². The van der Waals surface area contributed by atoms with Crippen molar-refractivity contribution >= 4 is 17.7 Å². The van der Waals surface area contributed by atoms with Crippen molar-refractivity contribution in [2.24, 2.45) is 0 Å². The molecule has 0 aliphatic carbocycles. The zero-order chi connectivity index (χ0) is 29.0. The van der Waals surface area contributed by atoms with Crippen molar-refractivity contribution in [3.63, 3.8) is 0 Å². The number of fused-ring (bicyclic) bond motifs is 1. The van der Waals surface area contributed by atoms with Crippen LogP contribution in [0.5, 0.6) is 0 Å². The number of Topliss-reactive ketones (excluding diaryl/α,β-unsaturated/α-hetero) is 1. The van der Waals surface area contributed by atoms with E-state index in [9.17, 15) is 22.8 Å². The second-order valence-electron chi connectivity index (χ2n) is 9.47. The van der Waals surface area contributed by atoms with Gasteiger partial charge >= 0.3 is 12.1 Å². The monoisotopic (exact) mass is 554 g/mol. The van der Waals surface area contributed by atoms with Gasteiger partial charge in [-0.2, -0.15) is 13.2 Å². The number of carboxylic acid groups (broad SMARTS) is 1. The number of ketones is 1. The molecule has 1 amide bonds. The van der Waals surface area contributed by atoms with Crippen LogP contribution in [0.4, 0.5) is 13.2 Å². The topological polar surface area (TPSA) is 95.5 Å². The highest BCUT2D eigenvalue weighted by molar-refractivity contribution is 5.98. The van der Waals surface area contributed by atoms with Gasteiger partial charge in [0.1, 0.15) is 0 Å². The summed E-state index contributed by atoms with van der Waals surface area (Å²) in [6.07, 6.45) is -1.87. The van der Waals surface area contributed by atoms with Gasteiger partial charge in [-0.1, -0.05) is 72.8 Å². The van der Waals surface area contributed by atoms with Crippen LogP contribution in [0.25, 0.3) is 0 Å². The van der Waals surface area contributed by atoms with Gasteiger partial charge in [0.05, 0.1) is 0 Å². The van der Waals surface area contributed by atoms with Gasteiger partial charge in [0.25, 0.3) is 0 Å². The number of carbonyl (C=O) groups excluding carboxylic acids is 2. The zero-order valence-corrected chi connectivity index (χ0v) is 22.0. The minimum atomic E-state index is -5.08. The van der Waals surface area contributed by atoms with E-state index in [-0.39, 0.29) is 30.4 Å². The third-order valence-electron chi connectivity index (χ3n) is 6.65. The molecule has 3 N–H and O–H groups in total. The Hall–Kier alpha value is -3.98. The van der Waals surface area contributed by atoms with Gasteiger partial charge in [-0.15, -0.1) is 0 Å². The third-order valence-corrected chi connectivity index (χ3v) is 6.65. The fourth-order valence-corrected chi connectivity index (χ4v) is 4.56. The third kappa shape index (κ3) is 9.64. The molecule has 0 bridgehead atoms. The van der Waals surface area contributed by atoms with E-state index in [4.69, 9.17) is 9.90 Å². The van der Waals surface area contributed by atoms with Crippen molar-refractivity contribution in [1.29, 1.82) is 0 Å². The number of amides is 1. The minimum Gasteiger partial charge on any atom is -0.475 e. The Morgan fingerprint density at radius 3 is 1.93 bits per heavy atom. The Kier molecular flexibility index (Phi) is 11.4. The molecule has 0 fully saturated rings. The molecule has 0 saturated carbocycles. The first-order valence-electron chi connectivity index (χ1n) is 13.2. The number of rotatable bonds is 9. The molecule has 3 aromatic rings. The van der Waals surface area contributed by atoms with E-state index in [2.05, 4.69) is 65.2 Å². The second-order valence-corrected chi connectivity index (χ2v) is 9.47. The Labute approximate surface area is 231 Å². The summed E-state index contributed by atoms with van der Waals surface area (Å²) < 4.78 is 31.7. The lowest BCUT2D eigenvalue weighted by Gasteiger charge is -2.18. The Bertz CT molecular complexity index is 1230. The molecule has 1 heterocycles. The maximum absolute atomic E-state index is 12.7. The van der Waals surface area contributed by atoms with Gasteiger partial charge in [-0.3, -0.25) is 9.59 Å². The van der Waals surface area contributed by atoms with Gasteiger partial charge < -0.3 is 15.7 Å². The molecule has 0 unspecified atom stereocenters. The normalized spacial score (nSPS) is 12.9. The van der Waals surface area contributed by atoms with Crippen molar-refractivity contribution in [2.45, 2.75) is 44.2 Å². The van der Waals surface area contributed by atoms with Crippen molar-refractivity contribution in [3.8, 4) is 0 Å². The van der Waals surface area contributed by atoms with Crippen LogP contribution in [-0.2, 0) is 22.4 Å². The summed E-state index contributed by atoms with van der Waals surface area (Å²) in [5, 5.41) is 13.5. The van der Waals surface area contributed by atoms with Gasteiger partial charge in [-0.05, 0) is 60.7 Å². The zero-order valence-electron chi connectivity index (χ0n) is 22.0. The summed E-state index contributed by atoms with van der Waals surface area (Å²) in [6.45, 7) is 2.50. The number of carbonyl (C=O) groups is 3. The number of carboxylic acids is 1. The number of hydrogen-bond donors (Lipinski definition) is 3. The molecule has 9 heteroatoms. The number of hydrogen-bond acceptors (Lipinski definition) is 4. The largest absolute Gasteiger partial charge is 0.490 e. The van der Waals surface area contributed by atoms with Crippen molar-refractivity contribution in [2.75, 3.05) is 19.6 Å². The highest BCUT2D eigenvalue weighted by Crippen LogP contribution is 2.27. The molecule has 6 nitrogen and oxygen atoms in total. The van der Waals surface area contributed by atoms with Gasteiger partial charge in [0.15, 0.2) is 5.78 Å². The number of aliphatic carboxylic acids is 1. The van der Waals surface area contributed by atoms with Crippen molar-refractivity contribution < 1.29 is 32.7 Å². The van der Waals surface area contributed by atoms with Crippen LogP contribution in [0.15, 0.2) is 78.9 Å². The molecule has 1 aliphatic rings. The number of benzene rings is 3. The summed E-state index contributed by atoms with van der Waals surface area (Å²) in [6, 6.07) is 26.8. The summed E-state index contributed by atoms with van der Waals surface area (Å²) in [5.74, 6) is -2.56. The minimum absolute atomic E-state index is 0.0385. The molecule has 1 aliphatic heterocycles. The molecule has 0 aromatic heterocycles. The molecule has 0 radical (unpaired) electrons. The maximum Gasteiger partial charge on any atom is 0.490 e. The van der Waals surface area contributed by atoms with Crippen LogP contribution in [-0.4, -0.2) is 48.6 Å². The average molecular weight is 555 g/mol. The van der Waals surface area contributed by atoms with E-state index in [1.165, 1.54) is 22.3 Å². The number of alkyl halides is 3. The number of nitrogens with one attached hydrogen (secondary N) is 2. The van der Waals surface area contributed by atoms with E-state index < -0.39 is 12.1 Å². The van der Waals surface area contributed by atoms with E-state index in [0.717, 1.165) is 37.9 Å². The smallest absolute Gasteiger partial charge is 0.475 e. The molecule has 40 heavy (non-hydrogen) atoms. The van der Waals surface area contributed by atoms with Crippen LogP contribution >= 0.6 is 0 Å². The number of halogens is 3. The van der Waals surface area contributed by atoms with Crippen LogP contribution in [0, 0.1) is 0 Å². The Balaban J connectivity index is 0.000000559.